The second-order valence-corrected chi connectivity index (χ2v) is 5.65. The highest BCUT2D eigenvalue weighted by Gasteiger charge is 2.03. The number of thiophene rings is 1. The lowest BCUT2D eigenvalue weighted by Crippen LogP contribution is -1.78. The molecule has 0 saturated carbocycles. The highest BCUT2D eigenvalue weighted by Crippen LogP contribution is 2.30. The Bertz CT molecular complexity index is 692. The van der Waals surface area contributed by atoms with Crippen molar-refractivity contribution < 1.29 is 0 Å². The third-order valence-electron chi connectivity index (χ3n) is 3.34. The fourth-order valence-electron chi connectivity index (χ4n) is 2.23. The fourth-order valence-corrected chi connectivity index (χ4v) is 3.23. The normalized spacial score (nSPS) is 10.2. The number of aryl methyl sites for hydroxylation is 2. The van der Waals surface area contributed by atoms with Gasteiger partial charge in [-0.15, -0.1) is 11.3 Å². The van der Waals surface area contributed by atoms with Gasteiger partial charge in [-0.25, -0.2) is 0 Å². The maximum atomic E-state index is 2.31. The Balaban J connectivity index is 0.000000704. The molecule has 0 atom stereocenters. The van der Waals surface area contributed by atoms with Crippen LogP contribution in [0, 0.1) is 6.92 Å². The predicted octanol–water partition coefficient (Wildman–Crippen LogP) is 6.47. The lowest BCUT2D eigenvalue weighted by atomic mass is 10.0. The number of hydrogen-bond donors (Lipinski definition) is 0. The van der Waals surface area contributed by atoms with E-state index in [0.29, 0.717) is 0 Å². The van der Waals surface area contributed by atoms with Crippen molar-refractivity contribution in [3.8, 4) is 10.4 Å². The minimum Gasteiger partial charge on any atom is -0.144 e. The molecule has 1 heterocycles. The second-order valence-electron chi connectivity index (χ2n) is 4.74. The van der Waals surface area contributed by atoms with E-state index in [1.807, 2.05) is 25.2 Å². The third kappa shape index (κ3) is 3.10. The van der Waals surface area contributed by atoms with E-state index in [9.17, 15) is 0 Å². The van der Waals surface area contributed by atoms with Crippen molar-refractivity contribution in [2.24, 2.45) is 0 Å². The van der Waals surface area contributed by atoms with E-state index >= 15 is 0 Å². The van der Waals surface area contributed by atoms with Crippen LogP contribution in [0.3, 0.4) is 0 Å². The van der Waals surface area contributed by atoms with Gasteiger partial charge in [-0.1, -0.05) is 56.7 Å². The molecule has 0 aliphatic heterocycles. The largest absolute Gasteiger partial charge is 0.144 e. The van der Waals surface area contributed by atoms with Gasteiger partial charge in [-0.3, -0.25) is 0 Å². The molecular weight excluding hydrogens is 260 g/mol. The smallest absolute Gasteiger partial charge is 0.0345 e. The van der Waals surface area contributed by atoms with E-state index in [1.54, 1.807) is 0 Å². The van der Waals surface area contributed by atoms with E-state index in [-0.39, 0.29) is 0 Å². The zero-order valence-electron chi connectivity index (χ0n) is 12.7. The quantitative estimate of drug-likeness (QED) is 0.505. The van der Waals surface area contributed by atoms with E-state index in [2.05, 4.69) is 61.7 Å². The first-order chi connectivity index (χ1) is 9.76. The van der Waals surface area contributed by atoms with Gasteiger partial charge in [-0.2, -0.15) is 0 Å². The van der Waals surface area contributed by atoms with Gasteiger partial charge >= 0.3 is 0 Å². The van der Waals surface area contributed by atoms with Crippen LogP contribution in [0.5, 0.6) is 0 Å². The Morgan fingerprint density at radius 1 is 0.900 bits per heavy atom. The molecule has 3 rings (SSSR count). The third-order valence-corrected chi connectivity index (χ3v) is 4.37. The summed E-state index contributed by atoms with van der Waals surface area (Å²) in [6.45, 7) is 8.35. The first-order valence-corrected chi connectivity index (χ1v) is 8.22. The Morgan fingerprint density at radius 3 is 2.35 bits per heavy atom. The first-order valence-electron chi connectivity index (χ1n) is 7.34. The summed E-state index contributed by atoms with van der Waals surface area (Å²) in [5.74, 6) is 0. The second kappa shape index (κ2) is 6.71. The summed E-state index contributed by atoms with van der Waals surface area (Å²) in [5.41, 5.74) is 4.08. The predicted molar refractivity (Wildman–Crippen MR) is 92.7 cm³/mol. The van der Waals surface area contributed by atoms with Gasteiger partial charge in [0.1, 0.15) is 0 Å². The van der Waals surface area contributed by atoms with Crippen molar-refractivity contribution in [2.45, 2.75) is 34.1 Å². The Hall–Kier alpha value is -1.60. The molecule has 0 aliphatic rings. The molecule has 104 valence electrons. The summed E-state index contributed by atoms with van der Waals surface area (Å²) in [6, 6.07) is 15.7. The molecule has 0 bridgehead atoms. The number of benzene rings is 2. The molecule has 0 unspecified atom stereocenters. The standard InChI is InChI=1S/C17H16S.C2H6/c1-3-13-9-17(18-11-13)15-7-6-14-5-4-12(2)8-16(14)10-15;1-2/h4-11H,3H2,1-2H3;1-2H3. The van der Waals surface area contributed by atoms with Gasteiger partial charge in [0.2, 0.25) is 0 Å². The van der Waals surface area contributed by atoms with Crippen molar-refractivity contribution in [2.75, 3.05) is 0 Å². The van der Waals surface area contributed by atoms with Crippen LogP contribution in [0.4, 0.5) is 0 Å². The molecule has 0 spiro atoms. The van der Waals surface area contributed by atoms with Gasteiger partial charge in [0.05, 0.1) is 0 Å². The molecular formula is C19H22S. The number of rotatable bonds is 2. The summed E-state index contributed by atoms with van der Waals surface area (Å²) >= 11 is 1.84. The molecule has 20 heavy (non-hydrogen) atoms. The molecule has 1 heteroatoms. The Morgan fingerprint density at radius 2 is 1.65 bits per heavy atom. The van der Waals surface area contributed by atoms with Crippen molar-refractivity contribution in [1.29, 1.82) is 0 Å². The van der Waals surface area contributed by atoms with Crippen LogP contribution in [0.2, 0.25) is 0 Å². The van der Waals surface area contributed by atoms with E-state index in [4.69, 9.17) is 0 Å². The van der Waals surface area contributed by atoms with Crippen molar-refractivity contribution in [3.05, 3.63) is 59.0 Å². The van der Waals surface area contributed by atoms with Crippen molar-refractivity contribution in [1.82, 2.24) is 0 Å². The van der Waals surface area contributed by atoms with Gasteiger partial charge in [-0.05, 0) is 52.8 Å². The Labute approximate surface area is 126 Å². The molecule has 2 aromatic carbocycles. The topological polar surface area (TPSA) is 0 Å². The molecule has 0 N–H and O–H groups in total. The highest BCUT2D eigenvalue weighted by atomic mass is 32.1. The highest BCUT2D eigenvalue weighted by molar-refractivity contribution is 7.13. The average molecular weight is 282 g/mol. The molecule has 0 radical (unpaired) electrons. The van der Waals surface area contributed by atoms with Crippen LogP contribution in [0.25, 0.3) is 21.2 Å². The number of fused-ring (bicyclic) bond motifs is 1. The van der Waals surface area contributed by atoms with Gasteiger partial charge in [0.25, 0.3) is 0 Å². The molecule has 0 nitrogen and oxygen atoms in total. The van der Waals surface area contributed by atoms with E-state index < -0.39 is 0 Å². The monoisotopic (exact) mass is 282 g/mol. The van der Waals surface area contributed by atoms with Gasteiger partial charge < -0.3 is 0 Å². The molecule has 0 saturated heterocycles. The molecule has 3 aromatic rings. The molecule has 1 aromatic heterocycles. The lowest BCUT2D eigenvalue weighted by molar-refractivity contribution is 1.16. The SMILES string of the molecule is CC.CCc1csc(-c2ccc3ccc(C)cc3c2)c1. The fraction of sp³-hybridized carbons (Fsp3) is 0.263. The summed E-state index contributed by atoms with van der Waals surface area (Å²) < 4.78 is 0. The average Bonchev–Trinajstić information content (AvgIpc) is 2.97. The van der Waals surface area contributed by atoms with Gasteiger partial charge in [0, 0.05) is 4.88 Å². The minimum atomic E-state index is 1.11. The van der Waals surface area contributed by atoms with Crippen LogP contribution in [-0.4, -0.2) is 0 Å². The Kier molecular flexibility index (Phi) is 4.97. The van der Waals surface area contributed by atoms with E-state index in [0.717, 1.165) is 6.42 Å². The molecule has 0 aliphatic carbocycles. The summed E-state index contributed by atoms with van der Waals surface area (Å²) in [5, 5.41) is 4.91. The van der Waals surface area contributed by atoms with Crippen LogP contribution < -0.4 is 0 Å². The summed E-state index contributed by atoms with van der Waals surface area (Å²) in [7, 11) is 0. The van der Waals surface area contributed by atoms with Crippen molar-refractivity contribution >= 4 is 22.1 Å². The van der Waals surface area contributed by atoms with Crippen molar-refractivity contribution in [3.63, 3.8) is 0 Å². The maximum absolute atomic E-state index is 2.31. The molecule has 0 fully saturated rings. The van der Waals surface area contributed by atoms with Gasteiger partial charge in [0.15, 0.2) is 0 Å². The van der Waals surface area contributed by atoms with Crippen LogP contribution in [0.15, 0.2) is 47.8 Å². The van der Waals surface area contributed by atoms with Crippen LogP contribution in [0.1, 0.15) is 31.9 Å². The van der Waals surface area contributed by atoms with Crippen LogP contribution >= 0.6 is 11.3 Å². The van der Waals surface area contributed by atoms with E-state index in [1.165, 1.54) is 32.3 Å². The zero-order chi connectivity index (χ0) is 14.5. The summed E-state index contributed by atoms with van der Waals surface area (Å²) in [6.07, 6.45) is 1.11. The zero-order valence-corrected chi connectivity index (χ0v) is 13.6. The minimum absolute atomic E-state index is 1.11. The summed E-state index contributed by atoms with van der Waals surface area (Å²) in [4.78, 5) is 1.37. The lowest BCUT2D eigenvalue weighted by Gasteiger charge is -2.03. The van der Waals surface area contributed by atoms with Crippen LogP contribution in [-0.2, 0) is 6.42 Å². The maximum Gasteiger partial charge on any atom is 0.0345 e. The molecule has 0 amide bonds. The number of hydrogen-bond acceptors (Lipinski definition) is 1. The first kappa shape index (κ1) is 14.8.